The van der Waals surface area contributed by atoms with Gasteiger partial charge in [-0.15, -0.1) is 6.42 Å². The Kier molecular flexibility index (Phi) is 8.94. The number of anilines is 1. The maximum atomic E-state index is 16.9. The van der Waals surface area contributed by atoms with Crippen LogP contribution in [0.4, 0.5) is 28.2 Å². The molecule has 3 aliphatic heterocycles. The van der Waals surface area contributed by atoms with Crippen LogP contribution in [0.2, 0.25) is 0 Å². The number of likely N-dealkylation sites (N-methyl/N-ethyl adjacent to an activating group) is 1. The lowest BCUT2D eigenvalue weighted by Gasteiger charge is -2.34. The zero-order valence-electron chi connectivity index (χ0n) is 29.1. The SMILES string of the molecule is C#Cc1c(F)ccc2cccc(-c3ncc4c(N(C)[C@@H]5CCN(C(=O)OC(C)(C)C)[C@@H]5CF)nc(OC[C@@]56CCCN5C[C@H](F)C6)nc4c3F)c12. The second kappa shape index (κ2) is 13.1. The molecule has 1 amide bonds. The number of terminal acetylenes is 1. The molecule has 268 valence electrons. The summed E-state index contributed by atoms with van der Waals surface area (Å²) in [7, 11) is 1.69. The van der Waals surface area contributed by atoms with E-state index in [1.54, 1.807) is 57.0 Å². The van der Waals surface area contributed by atoms with Crippen molar-refractivity contribution in [2.24, 2.45) is 0 Å². The molecule has 3 aliphatic rings. The molecule has 0 saturated carbocycles. The van der Waals surface area contributed by atoms with Gasteiger partial charge in [0.15, 0.2) is 5.82 Å². The van der Waals surface area contributed by atoms with Gasteiger partial charge in [-0.2, -0.15) is 9.97 Å². The molecule has 0 N–H and O–H groups in total. The van der Waals surface area contributed by atoms with Crippen molar-refractivity contribution < 1.29 is 31.8 Å². The van der Waals surface area contributed by atoms with E-state index in [0.717, 1.165) is 19.4 Å². The minimum atomic E-state index is -0.981. The Balaban J connectivity index is 1.33. The van der Waals surface area contributed by atoms with Gasteiger partial charge in [0.2, 0.25) is 0 Å². The van der Waals surface area contributed by atoms with Crippen LogP contribution in [0.15, 0.2) is 36.5 Å². The Morgan fingerprint density at radius 3 is 2.73 bits per heavy atom. The first kappa shape index (κ1) is 34.7. The van der Waals surface area contributed by atoms with Gasteiger partial charge in [-0.3, -0.25) is 9.88 Å². The zero-order valence-corrected chi connectivity index (χ0v) is 29.1. The summed E-state index contributed by atoms with van der Waals surface area (Å²) >= 11 is 0. The third-order valence-electron chi connectivity index (χ3n) is 10.4. The smallest absolute Gasteiger partial charge is 0.410 e. The van der Waals surface area contributed by atoms with Gasteiger partial charge in [0.1, 0.15) is 47.9 Å². The number of carbonyl (C=O) groups is 1. The fourth-order valence-electron chi connectivity index (χ4n) is 8.06. The molecule has 4 atom stereocenters. The highest BCUT2D eigenvalue weighted by molar-refractivity contribution is 6.02. The van der Waals surface area contributed by atoms with Crippen molar-refractivity contribution >= 4 is 33.6 Å². The number of likely N-dealkylation sites (tertiary alicyclic amines) is 1. The van der Waals surface area contributed by atoms with Crippen molar-refractivity contribution in [3.05, 3.63) is 53.7 Å². The Bertz CT molecular complexity index is 2050. The van der Waals surface area contributed by atoms with E-state index in [1.165, 1.54) is 17.2 Å². The Labute approximate surface area is 293 Å². The summed E-state index contributed by atoms with van der Waals surface area (Å²) in [6, 6.07) is 6.31. The third-order valence-corrected chi connectivity index (χ3v) is 10.4. The van der Waals surface area contributed by atoms with E-state index in [1.807, 2.05) is 0 Å². The third kappa shape index (κ3) is 6.17. The lowest BCUT2D eigenvalue weighted by atomic mass is 9.95. The largest absolute Gasteiger partial charge is 0.461 e. The predicted molar refractivity (Wildman–Crippen MR) is 186 cm³/mol. The quantitative estimate of drug-likeness (QED) is 0.153. The molecule has 5 heterocycles. The van der Waals surface area contributed by atoms with Gasteiger partial charge in [0, 0.05) is 43.7 Å². The molecule has 51 heavy (non-hydrogen) atoms. The number of benzene rings is 2. The molecule has 3 fully saturated rings. The summed E-state index contributed by atoms with van der Waals surface area (Å²) in [6.07, 6.45) is 7.85. The van der Waals surface area contributed by atoms with Gasteiger partial charge in [-0.05, 0) is 58.0 Å². The highest BCUT2D eigenvalue weighted by atomic mass is 19.1. The topological polar surface area (TPSA) is 83.9 Å². The first-order chi connectivity index (χ1) is 24.3. The summed E-state index contributed by atoms with van der Waals surface area (Å²) in [5.74, 6) is 1.17. The summed E-state index contributed by atoms with van der Waals surface area (Å²) in [6.45, 7) is 5.78. The lowest BCUT2D eigenvalue weighted by molar-refractivity contribution is 0.0199. The number of nitrogens with zero attached hydrogens (tertiary/aromatic N) is 6. The number of carbonyl (C=O) groups excluding carboxylic acids is 1. The molecule has 2 aromatic heterocycles. The van der Waals surface area contributed by atoms with Crippen molar-refractivity contribution in [3.63, 3.8) is 0 Å². The normalized spacial score (nSPS) is 23.5. The molecule has 4 aromatic rings. The summed E-state index contributed by atoms with van der Waals surface area (Å²) in [5.41, 5.74) is -1.28. The molecule has 2 aromatic carbocycles. The average Bonchev–Trinajstić information content (AvgIpc) is 3.78. The standard InChI is InChI=1S/C38H40F4N6O3/c1-6-24-27(41)12-11-22-9-7-10-25(30(22)24)32-31(42)33-26(19-43-32)34(45-35(44-33)50-21-38-14-8-15-47(38)20-23(40)17-38)46(5)28-13-16-48(29(28)18-39)36(49)51-37(2,3)4/h1,7,9-12,19,23,28-29H,8,13-18,20-21H2,2-5H3/t23-,28-,29-,38+/m1/s1. The summed E-state index contributed by atoms with van der Waals surface area (Å²) < 4.78 is 72.9. The number of alkyl halides is 2. The van der Waals surface area contributed by atoms with Gasteiger partial charge in [-0.25, -0.2) is 22.4 Å². The van der Waals surface area contributed by atoms with Crippen molar-refractivity contribution in [1.29, 1.82) is 0 Å². The van der Waals surface area contributed by atoms with E-state index in [4.69, 9.17) is 20.9 Å². The lowest BCUT2D eigenvalue weighted by Crippen LogP contribution is -2.48. The van der Waals surface area contributed by atoms with Crippen LogP contribution in [-0.2, 0) is 4.74 Å². The number of hydrogen-bond acceptors (Lipinski definition) is 8. The van der Waals surface area contributed by atoms with Crippen LogP contribution < -0.4 is 9.64 Å². The molecule has 7 rings (SSSR count). The minimum Gasteiger partial charge on any atom is -0.461 e. The fourth-order valence-corrected chi connectivity index (χ4v) is 8.06. The van der Waals surface area contributed by atoms with Crippen LogP contribution in [0.5, 0.6) is 6.01 Å². The first-order valence-corrected chi connectivity index (χ1v) is 17.2. The fraction of sp³-hybridized carbons (Fsp3) is 0.474. The van der Waals surface area contributed by atoms with E-state index in [0.29, 0.717) is 30.2 Å². The van der Waals surface area contributed by atoms with Gasteiger partial charge < -0.3 is 19.3 Å². The highest BCUT2D eigenvalue weighted by Crippen LogP contribution is 2.41. The Hall–Kier alpha value is -4.70. The monoisotopic (exact) mass is 704 g/mol. The molecule has 0 aliphatic carbocycles. The second-order valence-electron chi connectivity index (χ2n) is 14.7. The predicted octanol–water partition coefficient (Wildman–Crippen LogP) is 6.84. The van der Waals surface area contributed by atoms with Crippen LogP contribution in [0, 0.1) is 24.0 Å². The van der Waals surface area contributed by atoms with Gasteiger partial charge in [0.25, 0.3) is 0 Å². The van der Waals surface area contributed by atoms with E-state index in [2.05, 4.69) is 20.8 Å². The number of halogens is 4. The number of amides is 1. The maximum Gasteiger partial charge on any atom is 0.410 e. The number of ether oxygens (including phenoxy) is 2. The molecule has 0 bridgehead atoms. The number of hydrogen-bond donors (Lipinski definition) is 0. The molecule has 0 radical (unpaired) electrons. The molecular formula is C38H40F4N6O3. The molecular weight excluding hydrogens is 664 g/mol. The minimum absolute atomic E-state index is 0.0207. The summed E-state index contributed by atoms with van der Waals surface area (Å²) in [5, 5.41) is 1.15. The number of rotatable bonds is 7. The molecule has 13 heteroatoms. The molecule has 9 nitrogen and oxygen atoms in total. The second-order valence-corrected chi connectivity index (χ2v) is 14.7. The van der Waals surface area contributed by atoms with E-state index >= 15 is 4.39 Å². The van der Waals surface area contributed by atoms with Crippen LogP contribution >= 0.6 is 0 Å². The van der Waals surface area contributed by atoms with Gasteiger partial charge in [-0.1, -0.05) is 30.2 Å². The van der Waals surface area contributed by atoms with E-state index in [-0.39, 0.29) is 52.7 Å². The van der Waals surface area contributed by atoms with Crippen molar-refractivity contribution in [1.82, 2.24) is 24.8 Å². The zero-order chi connectivity index (χ0) is 36.2. The van der Waals surface area contributed by atoms with Crippen LogP contribution in [-0.4, -0.2) is 100 Å². The Morgan fingerprint density at radius 1 is 1.18 bits per heavy atom. The molecule has 0 spiro atoms. The maximum absolute atomic E-state index is 16.9. The van der Waals surface area contributed by atoms with Gasteiger partial charge >= 0.3 is 12.1 Å². The van der Waals surface area contributed by atoms with Crippen molar-refractivity contribution in [2.75, 3.05) is 44.9 Å². The van der Waals surface area contributed by atoms with Crippen molar-refractivity contribution in [3.8, 4) is 29.6 Å². The van der Waals surface area contributed by atoms with E-state index in [9.17, 15) is 18.0 Å². The van der Waals surface area contributed by atoms with Crippen LogP contribution in [0.25, 0.3) is 32.9 Å². The average molecular weight is 705 g/mol. The number of aromatic nitrogens is 3. The Morgan fingerprint density at radius 2 is 1.98 bits per heavy atom. The molecule has 0 unspecified atom stereocenters. The number of fused-ring (bicyclic) bond motifs is 3. The highest BCUT2D eigenvalue weighted by Gasteiger charge is 2.49. The van der Waals surface area contributed by atoms with Crippen molar-refractivity contribution in [2.45, 2.75) is 75.8 Å². The van der Waals surface area contributed by atoms with E-state index < -0.39 is 53.8 Å². The van der Waals surface area contributed by atoms with Crippen LogP contribution in [0.3, 0.4) is 0 Å². The number of pyridine rings is 1. The summed E-state index contributed by atoms with van der Waals surface area (Å²) in [4.78, 5) is 31.9. The van der Waals surface area contributed by atoms with Crippen LogP contribution in [0.1, 0.15) is 52.0 Å². The van der Waals surface area contributed by atoms with Gasteiger partial charge in [0.05, 0.1) is 28.6 Å². The molecule has 3 saturated heterocycles. The first-order valence-electron chi connectivity index (χ1n) is 17.2.